The van der Waals surface area contributed by atoms with E-state index in [0.717, 1.165) is 0 Å². The molecule has 31 heavy (non-hydrogen) atoms. The van der Waals surface area contributed by atoms with E-state index in [9.17, 15) is 33.2 Å². The summed E-state index contributed by atoms with van der Waals surface area (Å²) in [7, 11) is 1.54. The number of aliphatic hydroxyl groups is 1. The van der Waals surface area contributed by atoms with Crippen molar-refractivity contribution >= 4 is 23.0 Å². The Kier molecular flexibility index (Phi) is 6.63. The zero-order valence-electron chi connectivity index (χ0n) is 17.4. The summed E-state index contributed by atoms with van der Waals surface area (Å²) in [6.45, 7) is 2.36. The van der Waals surface area contributed by atoms with Crippen LogP contribution < -0.4 is 15.5 Å². The van der Waals surface area contributed by atoms with Crippen molar-refractivity contribution in [3.8, 4) is 0 Å². The Morgan fingerprint density at radius 2 is 1.87 bits per heavy atom. The molecule has 2 fully saturated rings. The highest BCUT2D eigenvalue weighted by molar-refractivity contribution is 6.02. The van der Waals surface area contributed by atoms with Crippen LogP contribution in [0.3, 0.4) is 0 Å². The van der Waals surface area contributed by atoms with Gasteiger partial charge in [0.15, 0.2) is 0 Å². The minimum atomic E-state index is -4.19. The lowest BCUT2D eigenvalue weighted by atomic mass is 9.78. The average molecular weight is 444 g/mol. The molecule has 0 bridgehead atoms. The molecule has 1 saturated heterocycles. The number of rotatable bonds is 6. The number of anilines is 2. The monoisotopic (exact) mass is 444 g/mol. The lowest BCUT2D eigenvalue weighted by Gasteiger charge is -2.39. The minimum Gasteiger partial charge on any atom is -0.389 e. The molecule has 0 spiro atoms. The highest BCUT2D eigenvalue weighted by Crippen LogP contribution is 2.40. The molecule has 0 aromatic heterocycles. The summed E-state index contributed by atoms with van der Waals surface area (Å²) >= 11 is 0. The van der Waals surface area contributed by atoms with Gasteiger partial charge in [0.25, 0.3) is 11.6 Å². The third-order valence-electron chi connectivity index (χ3n) is 6.33. The molecule has 0 radical (unpaired) electrons. The average Bonchev–Trinajstić information content (AvgIpc) is 2.69. The van der Waals surface area contributed by atoms with E-state index in [1.54, 1.807) is 11.8 Å². The molecule has 1 aromatic carbocycles. The van der Waals surface area contributed by atoms with E-state index in [2.05, 4.69) is 10.6 Å². The fourth-order valence-corrected chi connectivity index (χ4v) is 4.37. The Morgan fingerprint density at radius 1 is 1.26 bits per heavy atom. The van der Waals surface area contributed by atoms with Crippen molar-refractivity contribution in [2.75, 3.05) is 30.4 Å². The second-order valence-electron chi connectivity index (χ2n) is 8.37. The molecule has 1 aromatic rings. The minimum absolute atomic E-state index is 0.0353. The summed E-state index contributed by atoms with van der Waals surface area (Å²) in [5.74, 6) is -1.91. The van der Waals surface area contributed by atoms with Crippen LogP contribution in [-0.2, 0) is 0 Å². The zero-order chi connectivity index (χ0) is 22.9. The Balaban J connectivity index is 1.77. The highest BCUT2D eigenvalue weighted by Gasteiger charge is 2.42. The number of carbonyl (C=O) groups is 1. The fourth-order valence-electron chi connectivity index (χ4n) is 4.37. The number of halogens is 3. The van der Waals surface area contributed by atoms with Gasteiger partial charge in [0.05, 0.1) is 28.2 Å². The number of hydrogen-bond donors (Lipinski definition) is 3. The lowest BCUT2D eigenvalue weighted by Crippen LogP contribution is -2.51. The third kappa shape index (κ3) is 5.03. The topological polar surface area (TPSA) is 108 Å². The molecule has 3 N–H and O–H groups in total. The van der Waals surface area contributed by atoms with Gasteiger partial charge < -0.3 is 20.6 Å². The summed E-state index contributed by atoms with van der Waals surface area (Å²) in [6.07, 6.45) is -3.94. The highest BCUT2D eigenvalue weighted by atomic mass is 19.4. The molecule has 0 unspecified atom stereocenters. The van der Waals surface area contributed by atoms with Crippen molar-refractivity contribution in [3.05, 3.63) is 27.8 Å². The number of β-amino-alcohol motifs (C(OH)–C–C–N with tert-alkyl or cyclic N) is 1. The number of benzene rings is 1. The Bertz CT molecular complexity index is 834. The normalized spacial score (nSPS) is 23.1. The molecular weight excluding hydrogens is 417 g/mol. The molecule has 1 heterocycles. The largest absolute Gasteiger partial charge is 0.391 e. The predicted octanol–water partition coefficient (Wildman–Crippen LogP) is 3.30. The van der Waals surface area contributed by atoms with Gasteiger partial charge in [-0.25, -0.2) is 0 Å². The zero-order valence-corrected chi connectivity index (χ0v) is 17.4. The van der Waals surface area contributed by atoms with E-state index in [4.69, 9.17) is 0 Å². The van der Waals surface area contributed by atoms with E-state index in [0.29, 0.717) is 31.6 Å². The molecule has 1 aliphatic heterocycles. The van der Waals surface area contributed by atoms with Crippen molar-refractivity contribution in [1.82, 2.24) is 5.32 Å². The molecule has 1 amide bonds. The van der Waals surface area contributed by atoms with E-state index < -0.39 is 29.0 Å². The van der Waals surface area contributed by atoms with E-state index >= 15 is 0 Å². The van der Waals surface area contributed by atoms with Crippen molar-refractivity contribution in [1.29, 1.82) is 0 Å². The smallest absolute Gasteiger partial charge is 0.389 e. The second-order valence-corrected chi connectivity index (χ2v) is 8.37. The van der Waals surface area contributed by atoms with Crippen LogP contribution in [0.4, 0.5) is 30.2 Å². The third-order valence-corrected chi connectivity index (χ3v) is 6.33. The van der Waals surface area contributed by atoms with Crippen molar-refractivity contribution in [3.63, 3.8) is 0 Å². The van der Waals surface area contributed by atoms with Crippen LogP contribution in [0.5, 0.6) is 0 Å². The molecule has 1 saturated carbocycles. The number of nitrogens with one attached hydrogen (secondary N) is 2. The number of nitrogens with zero attached hydrogens (tertiary/aromatic N) is 2. The fraction of sp³-hybridized carbons (Fsp3) is 0.650. The van der Waals surface area contributed by atoms with Gasteiger partial charge in [-0.3, -0.25) is 14.9 Å². The number of aliphatic hydroxyl groups excluding tert-OH is 1. The summed E-state index contributed by atoms with van der Waals surface area (Å²) in [5, 5.41) is 26.6. The quantitative estimate of drug-likeness (QED) is 0.459. The van der Waals surface area contributed by atoms with Gasteiger partial charge >= 0.3 is 6.18 Å². The van der Waals surface area contributed by atoms with Crippen molar-refractivity contribution < 1.29 is 28.0 Å². The Morgan fingerprint density at radius 3 is 2.35 bits per heavy atom. The number of alkyl halides is 3. The van der Waals surface area contributed by atoms with Gasteiger partial charge in [-0.05, 0) is 44.6 Å². The van der Waals surface area contributed by atoms with Crippen LogP contribution in [0.15, 0.2) is 12.1 Å². The molecular formula is C20H27F3N4O4. The maximum atomic E-state index is 13.0. The van der Waals surface area contributed by atoms with E-state index in [1.165, 1.54) is 19.2 Å². The number of carbonyl (C=O) groups excluding carboxylic acids is 1. The molecule has 3 rings (SSSR count). The van der Waals surface area contributed by atoms with Gasteiger partial charge in [0, 0.05) is 32.2 Å². The SMILES string of the molecule is CNc1cc(N2CC(O)C2)c(C(=O)N[C@H](C)C2CCC(C(F)(F)F)CC2)cc1[N+](=O)[O-]. The van der Waals surface area contributed by atoms with E-state index in [-0.39, 0.29) is 41.7 Å². The summed E-state index contributed by atoms with van der Waals surface area (Å²) in [4.78, 5) is 25.6. The second kappa shape index (κ2) is 8.89. The van der Waals surface area contributed by atoms with E-state index in [1.807, 2.05) is 0 Å². The summed E-state index contributed by atoms with van der Waals surface area (Å²) in [6, 6.07) is 2.34. The van der Waals surface area contributed by atoms with Gasteiger partial charge in [0.2, 0.25) is 0 Å². The number of hydrogen-bond acceptors (Lipinski definition) is 6. The van der Waals surface area contributed by atoms with Crippen LogP contribution >= 0.6 is 0 Å². The first-order valence-corrected chi connectivity index (χ1v) is 10.3. The van der Waals surface area contributed by atoms with Crippen LogP contribution in [0.1, 0.15) is 43.0 Å². The van der Waals surface area contributed by atoms with Crippen LogP contribution in [0.2, 0.25) is 0 Å². The van der Waals surface area contributed by atoms with Gasteiger partial charge in [-0.2, -0.15) is 13.2 Å². The van der Waals surface area contributed by atoms with Crippen LogP contribution in [-0.4, -0.2) is 54.4 Å². The standard InChI is InChI=1S/C20H27F3N4O4/c1-11(12-3-5-13(6-4-12)20(21,22)23)25-19(29)15-7-18(27(30)31)16(24-2)8-17(15)26-9-14(28)10-26/h7-8,11-14,24,28H,3-6,9-10H2,1-2H3,(H,25,29)/t11-,12?,13?/m1/s1. The lowest BCUT2D eigenvalue weighted by molar-refractivity contribution is -0.384. The number of amides is 1. The summed E-state index contributed by atoms with van der Waals surface area (Å²) in [5.41, 5.74) is 0.562. The number of nitro groups is 1. The first-order chi connectivity index (χ1) is 14.5. The maximum absolute atomic E-state index is 13.0. The summed E-state index contributed by atoms with van der Waals surface area (Å²) < 4.78 is 38.7. The Hall–Kier alpha value is -2.56. The first kappa shape index (κ1) is 23.1. The molecule has 1 atom stereocenters. The van der Waals surface area contributed by atoms with Gasteiger partial charge in [-0.1, -0.05) is 0 Å². The molecule has 172 valence electrons. The maximum Gasteiger partial charge on any atom is 0.391 e. The number of nitro benzene ring substituents is 1. The first-order valence-electron chi connectivity index (χ1n) is 10.3. The molecule has 2 aliphatic rings. The molecule has 11 heteroatoms. The molecule has 8 nitrogen and oxygen atoms in total. The predicted molar refractivity (Wildman–Crippen MR) is 109 cm³/mol. The van der Waals surface area contributed by atoms with Gasteiger partial charge in [-0.15, -0.1) is 0 Å². The van der Waals surface area contributed by atoms with Crippen molar-refractivity contribution in [2.24, 2.45) is 11.8 Å². The molecule has 1 aliphatic carbocycles. The van der Waals surface area contributed by atoms with Crippen LogP contribution in [0.25, 0.3) is 0 Å². The van der Waals surface area contributed by atoms with Crippen molar-refractivity contribution in [2.45, 2.75) is 50.9 Å². The van der Waals surface area contributed by atoms with Crippen LogP contribution in [0, 0.1) is 22.0 Å². The Labute approximate surface area is 177 Å². The van der Waals surface area contributed by atoms with Gasteiger partial charge in [0.1, 0.15) is 5.69 Å².